The van der Waals surface area contributed by atoms with Crippen LogP contribution in [0.3, 0.4) is 0 Å². The minimum atomic E-state index is -0.585. The van der Waals surface area contributed by atoms with E-state index in [9.17, 15) is 9.18 Å². The Hall–Kier alpha value is -3.56. The highest BCUT2D eigenvalue weighted by molar-refractivity contribution is 5.96. The lowest BCUT2D eigenvalue weighted by Crippen LogP contribution is -2.40. The normalized spacial score (nSPS) is 17.6. The van der Waals surface area contributed by atoms with Crippen molar-refractivity contribution in [2.45, 2.75) is 64.3 Å². The SMILES string of the molecule is CC(C)(C)c1cc(Nc2nc(N3CCCC3C(=O)Nc3ccc(F)nc3)nc3c2CCC3)n[nH]1. The number of H-pyrrole nitrogens is 1. The van der Waals surface area contributed by atoms with Crippen LogP contribution in [0.25, 0.3) is 0 Å². The minimum Gasteiger partial charge on any atom is -0.329 e. The summed E-state index contributed by atoms with van der Waals surface area (Å²) in [4.78, 5) is 28.3. The van der Waals surface area contributed by atoms with Crippen molar-refractivity contribution in [3.05, 3.63) is 47.3 Å². The Bertz CT molecular complexity index is 1200. The number of halogens is 1. The highest BCUT2D eigenvalue weighted by Crippen LogP contribution is 2.33. The number of aromatic nitrogens is 5. The molecule has 0 spiro atoms. The molecule has 178 valence electrons. The standard InChI is InChI=1S/C24H29FN8O/c1-24(2,3)18-12-20(32-31-18)29-21-15-6-4-7-16(15)28-23(30-21)33-11-5-8-17(33)22(34)27-14-9-10-19(25)26-13-14/h9-10,12-13,17H,4-8,11H2,1-3H3,(H,27,34)(H2,28,29,30,31,32). The van der Waals surface area contributed by atoms with Gasteiger partial charge in [-0.05, 0) is 44.2 Å². The Kier molecular flexibility index (Phi) is 5.66. The number of nitrogens with zero attached hydrogens (tertiary/aromatic N) is 5. The molecule has 0 aromatic carbocycles. The largest absolute Gasteiger partial charge is 0.329 e. The number of fused-ring (bicyclic) bond motifs is 1. The zero-order valence-electron chi connectivity index (χ0n) is 19.7. The summed E-state index contributed by atoms with van der Waals surface area (Å²) in [6.07, 6.45) is 5.69. The number of pyridine rings is 1. The van der Waals surface area contributed by atoms with E-state index in [1.54, 1.807) is 0 Å². The van der Waals surface area contributed by atoms with E-state index < -0.39 is 12.0 Å². The van der Waals surface area contributed by atoms with Crippen LogP contribution in [0.4, 0.5) is 27.7 Å². The van der Waals surface area contributed by atoms with Gasteiger partial charge in [-0.25, -0.2) is 9.97 Å². The van der Waals surface area contributed by atoms with Crippen LogP contribution in [0, 0.1) is 5.95 Å². The first kappa shape index (κ1) is 22.2. The molecular formula is C24H29FN8O. The van der Waals surface area contributed by atoms with E-state index in [0.29, 0.717) is 30.4 Å². The number of aromatic amines is 1. The molecular weight excluding hydrogens is 435 g/mol. The lowest BCUT2D eigenvalue weighted by Gasteiger charge is -2.25. The first-order valence-electron chi connectivity index (χ1n) is 11.7. The molecule has 5 rings (SSSR count). The summed E-state index contributed by atoms with van der Waals surface area (Å²) in [7, 11) is 0. The molecule has 1 aliphatic heterocycles. The summed E-state index contributed by atoms with van der Waals surface area (Å²) in [5.41, 5.74) is 3.59. The van der Waals surface area contributed by atoms with Crippen molar-refractivity contribution in [1.29, 1.82) is 0 Å². The van der Waals surface area contributed by atoms with Crippen LogP contribution in [-0.4, -0.2) is 43.6 Å². The third-order valence-electron chi connectivity index (χ3n) is 6.36. The van der Waals surface area contributed by atoms with Crippen LogP contribution in [0.2, 0.25) is 0 Å². The van der Waals surface area contributed by atoms with E-state index >= 15 is 0 Å². The second kappa shape index (κ2) is 8.66. The number of hydrogen-bond donors (Lipinski definition) is 3. The third kappa shape index (κ3) is 4.44. The number of nitrogens with one attached hydrogen (secondary N) is 3. The number of carbonyl (C=O) groups excluding carboxylic acids is 1. The molecule has 4 heterocycles. The molecule has 3 N–H and O–H groups in total. The summed E-state index contributed by atoms with van der Waals surface area (Å²) >= 11 is 0. The predicted octanol–water partition coefficient (Wildman–Crippen LogP) is 3.87. The van der Waals surface area contributed by atoms with Crippen molar-refractivity contribution in [3.8, 4) is 0 Å². The monoisotopic (exact) mass is 464 g/mol. The molecule has 1 fully saturated rings. The maximum absolute atomic E-state index is 13.1. The van der Waals surface area contributed by atoms with Gasteiger partial charge in [0.1, 0.15) is 11.9 Å². The summed E-state index contributed by atoms with van der Waals surface area (Å²) in [6, 6.07) is 4.33. The van der Waals surface area contributed by atoms with Crippen LogP contribution in [0.15, 0.2) is 24.4 Å². The van der Waals surface area contributed by atoms with Gasteiger partial charge in [-0.1, -0.05) is 20.8 Å². The summed E-state index contributed by atoms with van der Waals surface area (Å²) in [5, 5.41) is 13.7. The average molecular weight is 465 g/mol. The Morgan fingerprint density at radius 2 is 2.06 bits per heavy atom. The molecule has 9 nitrogen and oxygen atoms in total. The molecule has 0 radical (unpaired) electrons. The summed E-state index contributed by atoms with van der Waals surface area (Å²) in [6.45, 7) is 7.08. The molecule has 1 atom stereocenters. The molecule has 3 aromatic heterocycles. The molecule has 1 saturated heterocycles. The number of anilines is 4. The first-order chi connectivity index (χ1) is 16.3. The fourth-order valence-electron chi connectivity index (χ4n) is 4.50. The second-order valence-electron chi connectivity index (χ2n) is 9.90. The van der Waals surface area contributed by atoms with E-state index in [0.717, 1.165) is 48.5 Å². The van der Waals surface area contributed by atoms with Crippen molar-refractivity contribution >= 4 is 29.2 Å². The van der Waals surface area contributed by atoms with E-state index in [4.69, 9.17) is 9.97 Å². The quantitative estimate of drug-likeness (QED) is 0.492. The van der Waals surface area contributed by atoms with E-state index in [1.165, 1.54) is 18.3 Å². The average Bonchev–Trinajstić information content (AvgIpc) is 3.55. The minimum absolute atomic E-state index is 0.0398. The molecule has 10 heteroatoms. The van der Waals surface area contributed by atoms with Crippen LogP contribution >= 0.6 is 0 Å². The molecule has 0 bridgehead atoms. The summed E-state index contributed by atoms with van der Waals surface area (Å²) in [5.74, 6) is 1.25. The lowest BCUT2D eigenvalue weighted by molar-refractivity contribution is -0.117. The van der Waals surface area contributed by atoms with Gasteiger partial charge < -0.3 is 15.5 Å². The van der Waals surface area contributed by atoms with Crippen molar-refractivity contribution in [2.75, 3.05) is 22.1 Å². The smallest absolute Gasteiger partial charge is 0.247 e. The highest BCUT2D eigenvalue weighted by atomic mass is 19.1. The maximum atomic E-state index is 13.1. The van der Waals surface area contributed by atoms with Gasteiger partial charge in [0, 0.05) is 29.3 Å². The number of carbonyl (C=O) groups is 1. The zero-order valence-corrected chi connectivity index (χ0v) is 19.7. The molecule has 34 heavy (non-hydrogen) atoms. The van der Waals surface area contributed by atoms with E-state index in [2.05, 4.69) is 46.6 Å². The molecule has 2 aliphatic rings. The highest BCUT2D eigenvalue weighted by Gasteiger charge is 2.34. The van der Waals surface area contributed by atoms with E-state index in [-0.39, 0.29) is 11.3 Å². The Morgan fingerprint density at radius 1 is 1.21 bits per heavy atom. The maximum Gasteiger partial charge on any atom is 0.247 e. The van der Waals surface area contributed by atoms with Gasteiger partial charge in [-0.3, -0.25) is 9.89 Å². The number of amides is 1. The van der Waals surface area contributed by atoms with Gasteiger partial charge in [0.2, 0.25) is 17.8 Å². The molecule has 1 amide bonds. The van der Waals surface area contributed by atoms with Gasteiger partial charge in [-0.2, -0.15) is 14.5 Å². The molecule has 3 aromatic rings. The van der Waals surface area contributed by atoms with Crippen LogP contribution in [0.5, 0.6) is 0 Å². The first-order valence-corrected chi connectivity index (χ1v) is 11.7. The second-order valence-corrected chi connectivity index (χ2v) is 9.90. The van der Waals surface area contributed by atoms with Gasteiger partial charge in [0.15, 0.2) is 5.82 Å². The Morgan fingerprint density at radius 3 is 2.79 bits per heavy atom. The van der Waals surface area contributed by atoms with Gasteiger partial charge in [0.05, 0.1) is 17.6 Å². The van der Waals surface area contributed by atoms with Crippen molar-refractivity contribution in [3.63, 3.8) is 0 Å². The number of hydrogen-bond acceptors (Lipinski definition) is 7. The molecule has 1 aliphatic carbocycles. The number of aryl methyl sites for hydroxylation is 1. The fraction of sp³-hybridized carbons (Fsp3) is 0.458. The van der Waals surface area contributed by atoms with Gasteiger partial charge in [0.25, 0.3) is 0 Å². The van der Waals surface area contributed by atoms with Crippen LogP contribution in [-0.2, 0) is 23.1 Å². The van der Waals surface area contributed by atoms with Crippen LogP contribution < -0.4 is 15.5 Å². The van der Waals surface area contributed by atoms with Crippen molar-refractivity contribution < 1.29 is 9.18 Å². The molecule has 0 saturated carbocycles. The van der Waals surface area contributed by atoms with Crippen molar-refractivity contribution in [1.82, 2.24) is 25.1 Å². The topological polar surface area (TPSA) is 112 Å². The Labute approximate surface area is 197 Å². The zero-order chi connectivity index (χ0) is 23.9. The summed E-state index contributed by atoms with van der Waals surface area (Å²) < 4.78 is 13.1. The molecule has 1 unspecified atom stereocenters. The predicted molar refractivity (Wildman–Crippen MR) is 128 cm³/mol. The fourth-order valence-corrected chi connectivity index (χ4v) is 4.50. The van der Waals surface area contributed by atoms with Crippen LogP contribution in [0.1, 0.15) is 57.0 Å². The Balaban J connectivity index is 1.40. The lowest BCUT2D eigenvalue weighted by atomic mass is 9.92. The third-order valence-corrected chi connectivity index (χ3v) is 6.36. The van der Waals surface area contributed by atoms with Gasteiger partial charge in [-0.15, -0.1) is 0 Å². The van der Waals surface area contributed by atoms with Crippen molar-refractivity contribution in [2.24, 2.45) is 0 Å². The number of rotatable bonds is 5. The van der Waals surface area contributed by atoms with E-state index in [1.807, 2.05) is 11.0 Å². The van der Waals surface area contributed by atoms with Gasteiger partial charge >= 0.3 is 0 Å².